The summed E-state index contributed by atoms with van der Waals surface area (Å²) in [7, 11) is -5.02. The van der Waals surface area contributed by atoms with Crippen molar-refractivity contribution in [2.75, 3.05) is 6.61 Å². The molecule has 5 N–H and O–H groups in total. The molecule has 0 saturated heterocycles. The average molecular weight is 730 g/mol. The van der Waals surface area contributed by atoms with Crippen molar-refractivity contribution >= 4 is 22.0 Å². The van der Waals surface area contributed by atoms with Gasteiger partial charge in [0.05, 0.1) is 12.0 Å². The number of carbonyl (C=O) groups excluding carboxylic acids is 2. The minimum absolute atomic E-state index is 0. The van der Waals surface area contributed by atoms with Crippen molar-refractivity contribution in [3.8, 4) is 0 Å². The van der Waals surface area contributed by atoms with Gasteiger partial charge in [0.2, 0.25) is 10.4 Å². The van der Waals surface area contributed by atoms with Crippen LogP contribution in [0.4, 0.5) is 0 Å². The maximum absolute atomic E-state index is 13.2. The van der Waals surface area contributed by atoms with Gasteiger partial charge in [0.1, 0.15) is 11.6 Å². The van der Waals surface area contributed by atoms with Crippen LogP contribution in [0.5, 0.6) is 0 Å². The van der Waals surface area contributed by atoms with Crippen LogP contribution in [-0.2, 0) is 24.2 Å². The first-order valence-corrected chi connectivity index (χ1v) is 21.7. The highest BCUT2D eigenvalue weighted by Crippen LogP contribution is 2.22. The quantitative estimate of drug-likeness (QED) is 0.0210. The summed E-state index contributed by atoms with van der Waals surface area (Å²) in [6.45, 7) is 4.08. The normalized spacial score (nSPS) is 12.7. The van der Waals surface area contributed by atoms with Crippen LogP contribution in [0.25, 0.3) is 0 Å². The molecule has 0 rings (SSSR count). The number of aliphatic hydroxyl groups excluding tert-OH is 1. The number of hydrogen-bond acceptors (Lipinski definition) is 7. The predicted molar refractivity (Wildman–Crippen MR) is 209 cm³/mol. The van der Waals surface area contributed by atoms with Gasteiger partial charge in [-0.3, -0.25) is 13.8 Å². The second-order valence-electron chi connectivity index (χ2n) is 14.0. The molecule has 0 radical (unpaired) electrons. The lowest BCUT2D eigenvalue weighted by molar-refractivity contribution is -0.134. The van der Waals surface area contributed by atoms with Gasteiger partial charge in [0.15, 0.2) is 0 Å². The van der Waals surface area contributed by atoms with Crippen LogP contribution in [-0.4, -0.2) is 42.4 Å². The Kier molecular flexibility index (Phi) is 37.9. The second-order valence-corrected chi connectivity index (χ2v) is 15.0. The lowest BCUT2D eigenvalue weighted by Gasteiger charge is -2.23. The van der Waals surface area contributed by atoms with Crippen molar-refractivity contribution in [1.29, 1.82) is 0 Å². The zero-order valence-electron chi connectivity index (χ0n) is 32.7. The zero-order chi connectivity index (χ0) is 36.3. The highest BCUT2D eigenvalue weighted by atomic mass is 32.3. The first kappa shape index (κ1) is 50.7. The monoisotopic (exact) mass is 730 g/mol. The summed E-state index contributed by atoms with van der Waals surface area (Å²) in [5, 5.41) is 9.37. The van der Waals surface area contributed by atoms with Crippen molar-refractivity contribution in [2.45, 2.75) is 213 Å². The topological polar surface area (TPSA) is 157 Å². The largest absolute Gasteiger partial charge is 0.726 e. The molecule has 0 bridgehead atoms. The van der Waals surface area contributed by atoms with Gasteiger partial charge >= 0.3 is 0 Å². The number of hydrogen-bond donors (Lipinski definition) is 2. The Labute approximate surface area is 308 Å². The van der Waals surface area contributed by atoms with E-state index in [-0.39, 0.29) is 43.4 Å². The van der Waals surface area contributed by atoms with E-state index in [4.69, 9.17) is 0 Å². The standard InChI is InChI=1S/C41H76O7S.H3N/c1-3-5-7-9-11-13-15-17-19-21-23-25-27-29-31-33-40(43)39(37-38(35-36-42)48-49(45,46)47)41(44)34-32-30-28-26-24-22-20-18-16-14-12-10-8-6-4-2;/h17-20,38-39,42H,3-16,21-37H2,1-2H3,(H,45,46,47);1H3/b19-17-,20-18-;. The molecule has 0 aromatic heterocycles. The fourth-order valence-corrected chi connectivity index (χ4v) is 6.82. The van der Waals surface area contributed by atoms with Crippen LogP contribution in [0, 0.1) is 5.92 Å². The lowest BCUT2D eigenvalue weighted by Crippen LogP contribution is -2.31. The molecule has 0 aliphatic carbocycles. The van der Waals surface area contributed by atoms with Crippen molar-refractivity contribution in [3.05, 3.63) is 24.3 Å². The van der Waals surface area contributed by atoms with Crippen LogP contribution in [0.3, 0.4) is 0 Å². The Morgan fingerprint density at radius 2 is 0.900 bits per heavy atom. The molecule has 0 saturated carbocycles. The van der Waals surface area contributed by atoms with Gasteiger partial charge in [-0.15, -0.1) is 0 Å². The van der Waals surface area contributed by atoms with Gasteiger partial charge in [-0.2, -0.15) is 0 Å². The van der Waals surface area contributed by atoms with Crippen molar-refractivity contribution in [3.63, 3.8) is 0 Å². The van der Waals surface area contributed by atoms with E-state index in [1.54, 1.807) is 0 Å². The third-order valence-electron chi connectivity index (χ3n) is 9.35. The number of quaternary nitrogens is 1. The summed E-state index contributed by atoms with van der Waals surface area (Å²) in [4.78, 5) is 26.4. The van der Waals surface area contributed by atoms with Gasteiger partial charge < -0.3 is 15.8 Å². The summed E-state index contributed by atoms with van der Waals surface area (Å²) in [5.74, 6) is -1.44. The zero-order valence-corrected chi connectivity index (χ0v) is 33.5. The first-order valence-electron chi connectivity index (χ1n) is 20.3. The Balaban J connectivity index is 0. The number of aliphatic hydroxyl groups is 1. The fourth-order valence-electron chi connectivity index (χ4n) is 6.31. The van der Waals surface area contributed by atoms with Gasteiger partial charge in [-0.1, -0.05) is 141 Å². The Morgan fingerprint density at radius 1 is 0.580 bits per heavy atom. The van der Waals surface area contributed by atoms with Gasteiger partial charge in [-0.25, -0.2) is 8.42 Å². The van der Waals surface area contributed by atoms with Crippen LogP contribution in [0.2, 0.25) is 0 Å². The third kappa shape index (κ3) is 35.0. The van der Waals surface area contributed by atoms with Crippen molar-refractivity contribution in [1.82, 2.24) is 6.15 Å². The van der Waals surface area contributed by atoms with E-state index in [2.05, 4.69) is 42.3 Å². The summed E-state index contributed by atoms with van der Waals surface area (Å²) >= 11 is 0. The second kappa shape index (κ2) is 37.4. The van der Waals surface area contributed by atoms with Crippen molar-refractivity contribution < 1.29 is 31.8 Å². The molecule has 0 aliphatic heterocycles. The van der Waals surface area contributed by atoms with Crippen molar-refractivity contribution in [2.24, 2.45) is 5.92 Å². The number of Topliss-reactive ketones (excluding diaryl/α,β-unsaturated/α-hetero) is 2. The summed E-state index contributed by atoms with van der Waals surface area (Å²) < 4.78 is 38.4. The summed E-state index contributed by atoms with van der Waals surface area (Å²) in [6, 6.07) is 0. The number of rotatable bonds is 38. The molecular formula is C41H79NO7S. The Bertz CT molecular complexity index is 883. The molecule has 296 valence electrons. The Morgan fingerprint density at radius 3 is 1.22 bits per heavy atom. The lowest BCUT2D eigenvalue weighted by atomic mass is 9.86. The molecule has 0 aliphatic rings. The van der Waals surface area contributed by atoms with Gasteiger partial charge in [-0.05, 0) is 77.0 Å². The smallest absolute Gasteiger partial charge is 0.217 e. The number of ketones is 2. The van der Waals surface area contributed by atoms with E-state index in [0.29, 0.717) is 12.8 Å². The first-order chi connectivity index (χ1) is 23.7. The molecule has 1 atom stereocenters. The minimum atomic E-state index is -5.02. The fraction of sp³-hybridized carbons (Fsp3) is 0.854. The number of allylic oxidation sites excluding steroid dienone is 4. The molecule has 9 heteroatoms. The van der Waals surface area contributed by atoms with Crippen LogP contribution < -0.4 is 6.15 Å². The van der Waals surface area contributed by atoms with Crippen LogP contribution in [0.1, 0.15) is 206 Å². The molecule has 1 unspecified atom stereocenters. The molecule has 0 aromatic rings. The number of carbonyl (C=O) groups is 2. The highest BCUT2D eigenvalue weighted by molar-refractivity contribution is 7.80. The summed E-state index contributed by atoms with van der Waals surface area (Å²) in [6.07, 6.45) is 38.1. The minimum Gasteiger partial charge on any atom is -0.726 e. The van der Waals surface area contributed by atoms with E-state index < -0.39 is 29.0 Å². The summed E-state index contributed by atoms with van der Waals surface area (Å²) in [5.41, 5.74) is 0. The maximum Gasteiger partial charge on any atom is 0.217 e. The molecule has 0 fully saturated rings. The predicted octanol–water partition coefficient (Wildman–Crippen LogP) is 11.8. The highest BCUT2D eigenvalue weighted by Gasteiger charge is 2.30. The average Bonchev–Trinajstić information content (AvgIpc) is 3.06. The molecule has 50 heavy (non-hydrogen) atoms. The van der Waals surface area contributed by atoms with Crippen LogP contribution in [0.15, 0.2) is 24.3 Å². The number of unbranched alkanes of at least 4 members (excludes halogenated alkanes) is 22. The van der Waals surface area contributed by atoms with E-state index >= 15 is 0 Å². The van der Waals surface area contributed by atoms with Crippen LogP contribution >= 0.6 is 0 Å². The van der Waals surface area contributed by atoms with E-state index in [1.165, 1.54) is 77.0 Å². The van der Waals surface area contributed by atoms with E-state index in [9.17, 15) is 27.7 Å². The van der Waals surface area contributed by atoms with Gasteiger partial charge in [0, 0.05) is 19.4 Å². The third-order valence-corrected chi connectivity index (χ3v) is 9.86. The Hall–Kier alpha value is -1.39. The molecule has 8 nitrogen and oxygen atoms in total. The molecule has 0 spiro atoms. The maximum atomic E-state index is 13.2. The van der Waals surface area contributed by atoms with E-state index in [1.807, 2.05) is 0 Å². The van der Waals surface area contributed by atoms with Gasteiger partial charge in [0.25, 0.3) is 0 Å². The molecule has 0 heterocycles. The van der Waals surface area contributed by atoms with E-state index in [0.717, 1.165) is 77.0 Å². The molecule has 0 aromatic carbocycles. The molecular weight excluding hydrogens is 651 g/mol. The SMILES string of the molecule is CCCCCCCC/C=C\CCCCCCCC(=O)C(CC(CCO)OS(=O)(=O)[O-])C(=O)CCCCCCC/C=C\CCCCCCCC.[NH4+]. The molecule has 0 amide bonds.